The van der Waals surface area contributed by atoms with Crippen LogP contribution in [0.2, 0.25) is 0 Å². The zero-order valence-electron chi connectivity index (χ0n) is 16.5. The van der Waals surface area contributed by atoms with E-state index >= 15 is 0 Å². The number of furan rings is 1. The van der Waals surface area contributed by atoms with Crippen molar-refractivity contribution in [1.29, 1.82) is 0 Å². The Bertz CT molecular complexity index is 1080. The molecule has 0 amide bonds. The second-order valence-electron chi connectivity index (χ2n) is 8.18. The summed E-state index contributed by atoms with van der Waals surface area (Å²) in [4.78, 5) is 26.5. The fraction of sp³-hybridized carbons (Fsp3) is 0.417. The summed E-state index contributed by atoms with van der Waals surface area (Å²) in [7, 11) is 0. The third kappa shape index (κ3) is 3.55. The molecule has 2 aromatic carbocycles. The Hall–Kier alpha value is -2.66. The van der Waals surface area contributed by atoms with Crippen LogP contribution in [0, 0.1) is 0 Å². The molecule has 0 N–H and O–H groups in total. The number of ketones is 2. The van der Waals surface area contributed by atoms with Gasteiger partial charge in [-0.15, -0.1) is 0 Å². The predicted molar refractivity (Wildman–Crippen MR) is 111 cm³/mol. The van der Waals surface area contributed by atoms with Crippen molar-refractivity contribution in [3.63, 3.8) is 0 Å². The normalized spacial score (nSPS) is 20.8. The Kier molecular flexibility index (Phi) is 4.84. The van der Waals surface area contributed by atoms with Crippen LogP contribution in [0.4, 0.5) is 0 Å². The first-order chi connectivity index (χ1) is 14.2. The van der Waals surface area contributed by atoms with Crippen LogP contribution in [0.15, 0.2) is 41.0 Å². The van der Waals surface area contributed by atoms with Crippen molar-refractivity contribution in [2.75, 3.05) is 26.2 Å². The molecule has 5 heteroatoms. The molecule has 1 saturated heterocycles. The summed E-state index contributed by atoms with van der Waals surface area (Å²) in [5.41, 5.74) is 1.69. The van der Waals surface area contributed by atoms with Gasteiger partial charge in [-0.2, -0.15) is 0 Å². The number of rotatable bonds is 5. The molecule has 0 spiro atoms. The van der Waals surface area contributed by atoms with Crippen molar-refractivity contribution >= 4 is 33.3 Å². The molecule has 0 radical (unpaired) electrons. The molecule has 5 nitrogen and oxygen atoms in total. The molecule has 0 unspecified atom stereocenters. The monoisotopic (exact) mass is 391 g/mol. The first-order valence-electron chi connectivity index (χ1n) is 10.5. The smallest absolute Gasteiger partial charge is 0.147 e. The van der Waals surface area contributed by atoms with Gasteiger partial charge in [0.05, 0.1) is 12.7 Å². The van der Waals surface area contributed by atoms with Gasteiger partial charge in [-0.3, -0.25) is 14.5 Å². The van der Waals surface area contributed by atoms with Gasteiger partial charge in [0.15, 0.2) is 0 Å². The Morgan fingerprint density at radius 2 is 1.97 bits per heavy atom. The standard InChI is InChI=1S/C24H25NO4/c26-17-4-6-20(22(27)14-17)21-15-29-23-8-3-16-13-18(5-7-19(16)24(21)23)28-12-11-25-9-1-2-10-25/h3,5,7-8,13,15,20H,1-2,4,6,9-12,14H2/t20-/m0/s1. The van der Waals surface area contributed by atoms with Gasteiger partial charge in [0.25, 0.3) is 0 Å². The minimum Gasteiger partial charge on any atom is -0.492 e. The van der Waals surface area contributed by atoms with Gasteiger partial charge in [-0.25, -0.2) is 0 Å². The number of Topliss-reactive ketones (excluding diaryl/α,β-unsaturated/α-hetero) is 2. The van der Waals surface area contributed by atoms with Crippen LogP contribution in [0.3, 0.4) is 0 Å². The van der Waals surface area contributed by atoms with Crippen LogP contribution in [0.1, 0.15) is 43.6 Å². The number of carbonyl (C=O) groups excluding carboxylic acids is 2. The molecule has 2 aliphatic rings. The highest BCUT2D eigenvalue weighted by molar-refractivity contribution is 6.11. The number of likely N-dealkylation sites (tertiary alicyclic amines) is 1. The minimum absolute atomic E-state index is 0.00261. The Morgan fingerprint density at radius 1 is 1.10 bits per heavy atom. The third-order valence-electron chi connectivity index (χ3n) is 6.28. The van der Waals surface area contributed by atoms with E-state index in [1.165, 1.54) is 25.9 Å². The summed E-state index contributed by atoms with van der Waals surface area (Å²) in [5.74, 6) is 0.652. The van der Waals surface area contributed by atoms with E-state index in [1.807, 2.05) is 18.2 Å². The molecule has 150 valence electrons. The average Bonchev–Trinajstić information content (AvgIpc) is 3.38. The zero-order chi connectivity index (χ0) is 19.8. The fourth-order valence-corrected chi connectivity index (χ4v) is 4.72. The molecular formula is C24H25NO4. The molecule has 1 aliphatic carbocycles. The lowest BCUT2D eigenvalue weighted by Crippen LogP contribution is -2.25. The molecule has 0 bridgehead atoms. The number of hydrogen-bond donors (Lipinski definition) is 0. The third-order valence-corrected chi connectivity index (χ3v) is 6.28. The van der Waals surface area contributed by atoms with Gasteiger partial charge >= 0.3 is 0 Å². The van der Waals surface area contributed by atoms with E-state index in [0.717, 1.165) is 39.6 Å². The average molecular weight is 391 g/mol. The maximum atomic E-state index is 12.5. The van der Waals surface area contributed by atoms with E-state index in [9.17, 15) is 9.59 Å². The summed E-state index contributed by atoms with van der Waals surface area (Å²) in [6, 6.07) is 10.1. The van der Waals surface area contributed by atoms with E-state index in [0.29, 0.717) is 19.4 Å². The second kappa shape index (κ2) is 7.64. The van der Waals surface area contributed by atoms with Crippen LogP contribution >= 0.6 is 0 Å². The molecule has 29 heavy (non-hydrogen) atoms. The van der Waals surface area contributed by atoms with Crippen molar-refractivity contribution in [2.24, 2.45) is 0 Å². The van der Waals surface area contributed by atoms with Gasteiger partial charge in [-0.05, 0) is 67.4 Å². The highest BCUT2D eigenvalue weighted by Gasteiger charge is 2.31. The lowest BCUT2D eigenvalue weighted by atomic mass is 9.81. The van der Waals surface area contributed by atoms with E-state index < -0.39 is 0 Å². The van der Waals surface area contributed by atoms with Crippen LogP contribution in [0.5, 0.6) is 5.75 Å². The Labute approximate surface area is 169 Å². The largest absolute Gasteiger partial charge is 0.492 e. The number of fused-ring (bicyclic) bond motifs is 3. The van der Waals surface area contributed by atoms with E-state index in [-0.39, 0.29) is 23.9 Å². The maximum absolute atomic E-state index is 12.5. The number of hydrogen-bond acceptors (Lipinski definition) is 5. The molecule has 1 saturated carbocycles. The van der Waals surface area contributed by atoms with Gasteiger partial charge in [-0.1, -0.05) is 6.07 Å². The number of ether oxygens (including phenoxy) is 1. The lowest BCUT2D eigenvalue weighted by Gasteiger charge is -2.19. The van der Waals surface area contributed by atoms with Crippen molar-refractivity contribution in [3.8, 4) is 5.75 Å². The fourth-order valence-electron chi connectivity index (χ4n) is 4.72. The number of nitrogens with zero attached hydrogens (tertiary/aromatic N) is 1. The van der Waals surface area contributed by atoms with Crippen molar-refractivity contribution in [2.45, 2.75) is 38.0 Å². The molecule has 1 aromatic heterocycles. The summed E-state index contributed by atoms with van der Waals surface area (Å²) in [5, 5.41) is 3.11. The number of benzene rings is 2. The van der Waals surface area contributed by atoms with E-state index in [4.69, 9.17) is 9.15 Å². The molecule has 5 rings (SSSR count). The first kappa shape index (κ1) is 18.4. The van der Waals surface area contributed by atoms with Crippen molar-refractivity contribution < 1.29 is 18.7 Å². The van der Waals surface area contributed by atoms with Crippen LogP contribution in [-0.2, 0) is 9.59 Å². The molecule has 2 fully saturated rings. The predicted octanol–water partition coefficient (Wildman–Crippen LogP) is 4.47. The molecule has 3 aromatic rings. The second-order valence-corrected chi connectivity index (χ2v) is 8.18. The maximum Gasteiger partial charge on any atom is 0.147 e. The van der Waals surface area contributed by atoms with Crippen LogP contribution < -0.4 is 4.74 Å². The summed E-state index contributed by atoms with van der Waals surface area (Å²) >= 11 is 0. The zero-order valence-corrected chi connectivity index (χ0v) is 16.5. The minimum atomic E-state index is -0.254. The highest BCUT2D eigenvalue weighted by atomic mass is 16.5. The SMILES string of the molecule is O=C1CC[C@@H](c2coc3ccc4cc(OCCN5CCCC5)ccc4c23)C(=O)C1. The lowest BCUT2D eigenvalue weighted by molar-refractivity contribution is -0.130. The molecule has 1 aliphatic heterocycles. The summed E-state index contributed by atoms with van der Waals surface area (Å²) in [6.45, 7) is 4.00. The summed E-state index contributed by atoms with van der Waals surface area (Å²) in [6.07, 6.45) is 5.34. The highest BCUT2D eigenvalue weighted by Crippen LogP contribution is 2.38. The molecular weight excluding hydrogens is 366 g/mol. The topological polar surface area (TPSA) is 59.8 Å². The number of carbonyl (C=O) groups is 2. The van der Waals surface area contributed by atoms with Crippen molar-refractivity contribution in [1.82, 2.24) is 4.90 Å². The van der Waals surface area contributed by atoms with Crippen molar-refractivity contribution in [3.05, 3.63) is 42.2 Å². The Morgan fingerprint density at radius 3 is 2.79 bits per heavy atom. The molecule has 2 heterocycles. The summed E-state index contributed by atoms with van der Waals surface area (Å²) < 4.78 is 11.8. The van der Waals surface area contributed by atoms with Gasteiger partial charge in [0, 0.05) is 29.8 Å². The van der Waals surface area contributed by atoms with E-state index in [2.05, 4.69) is 17.0 Å². The van der Waals surface area contributed by atoms with Crippen LogP contribution in [-0.4, -0.2) is 42.7 Å². The van der Waals surface area contributed by atoms with Gasteiger partial charge < -0.3 is 9.15 Å². The van der Waals surface area contributed by atoms with Gasteiger partial charge in [0.1, 0.15) is 29.5 Å². The van der Waals surface area contributed by atoms with Crippen LogP contribution in [0.25, 0.3) is 21.7 Å². The quantitative estimate of drug-likeness (QED) is 0.601. The van der Waals surface area contributed by atoms with Gasteiger partial charge in [0.2, 0.25) is 0 Å². The van der Waals surface area contributed by atoms with E-state index in [1.54, 1.807) is 6.26 Å². The Balaban J connectivity index is 1.42. The first-order valence-corrected chi connectivity index (χ1v) is 10.5. The molecule has 1 atom stereocenters.